The number of nitrogens with zero attached hydrogens (tertiary/aromatic N) is 1. The molecule has 0 radical (unpaired) electrons. The number of hydrogen-bond donors (Lipinski definition) is 1. The molecule has 0 aliphatic rings. The maximum Gasteiger partial charge on any atom is 0.0504 e. The Bertz CT molecular complexity index is 268. The number of hydrogen-bond acceptors (Lipinski definition) is 2. The molecule has 1 atom stereocenters. The molecule has 0 saturated heterocycles. The predicted octanol–water partition coefficient (Wildman–Crippen LogP) is 1.84. The van der Waals surface area contributed by atoms with E-state index in [4.69, 9.17) is 0 Å². The van der Waals surface area contributed by atoms with Crippen molar-refractivity contribution in [3.63, 3.8) is 0 Å². The lowest BCUT2D eigenvalue weighted by Gasteiger charge is -2.13. The fourth-order valence-electron chi connectivity index (χ4n) is 1.23. The van der Waals surface area contributed by atoms with Crippen molar-refractivity contribution in [2.24, 2.45) is 0 Å². The number of aryl methyl sites for hydroxylation is 1. The summed E-state index contributed by atoms with van der Waals surface area (Å²) in [5.41, 5.74) is 2.43. The van der Waals surface area contributed by atoms with Crippen LogP contribution in [0.4, 0.5) is 0 Å². The third kappa shape index (κ3) is 1.71. The first kappa shape index (κ1) is 8.94. The van der Waals surface area contributed by atoms with Gasteiger partial charge in [0.25, 0.3) is 0 Å². The van der Waals surface area contributed by atoms with E-state index in [0.717, 1.165) is 0 Å². The molecule has 64 valence electrons. The topological polar surface area (TPSA) is 24.9 Å². The van der Waals surface area contributed by atoms with Crippen molar-refractivity contribution in [2.75, 3.05) is 7.05 Å². The van der Waals surface area contributed by atoms with Gasteiger partial charge in [0, 0.05) is 12.4 Å². The van der Waals surface area contributed by atoms with Crippen LogP contribution >= 0.6 is 0 Å². The molecule has 1 heterocycles. The van der Waals surface area contributed by atoms with Crippen LogP contribution in [0.15, 0.2) is 31.1 Å². The lowest BCUT2D eigenvalue weighted by atomic mass is 10.0. The molecule has 1 rings (SSSR count). The smallest absolute Gasteiger partial charge is 0.0504 e. The van der Waals surface area contributed by atoms with Crippen LogP contribution in [0.25, 0.3) is 0 Å². The molecular weight excluding hydrogens is 148 g/mol. The van der Waals surface area contributed by atoms with Gasteiger partial charge >= 0.3 is 0 Å². The molecule has 2 nitrogen and oxygen atoms in total. The van der Waals surface area contributed by atoms with Crippen LogP contribution < -0.4 is 5.32 Å². The van der Waals surface area contributed by atoms with E-state index in [1.54, 1.807) is 6.20 Å². The summed E-state index contributed by atoms with van der Waals surface area (Å²) in [4.78, 5) is 4.03. The molecule has 0 aliphatic heterocycles. The van der Waals surface area contributed by atoms with E-state index in [0.29, 0.717) is 0 Å². The molecule has 1 aromatic rings. The van der Waals surface area contributed by atoms with Crippen LogP contribution in [-0.2, 0) is 0 Å². The van der Waals surface area contributed by atoms with Crippen LogP contribution in [0, 0.1) is 6.92 Å². The highest BCUT2D eigenvalue weighted by atomic mass is 14.9. The van der Waals surface area contributed by atoms with Crippen molar-refractivity contribution in [3.05, 3.63) is 42.2 Å². The van der Waals surface area contributed by atoms with E-state index < -0.39 is 0 Å². The quantitative estimate of drug-likeness (QED) is 0.686. The van der Waals surface area contributed by atoms with E-state index in [9.17, 15) is 0 Å². The summed E-state index contributed by atoms with van der Waals surface area (Å²) in [5, 5.41) is 3.16. The van der Waals surface area contributed by atoms with Crippen LogP contribution in [-0.4, -0.2) is 12.0 Å². The van der Waals surface area contributed by atoms with Crippen molar-refractivity contribution < 1.29 is 0 Å². The van der Waals surface area contributed by atoms with Gasteiger partial charge in [-0.3, -0.25) is 4.98 Å². The van der Waals surface area contributed by atoms with E-state index in [1.165, 1.54) is 11.1 Å². The van der Waals surface area contributed by atoms with Gasteiger partial charge in [0.1, 0.15) is 0 Å². The second kappa shape index (κ2) is 4.02. The van der Waals surface area contributed by atoms with E-state index >= 15 is 0 Å². The van der Waals surface area contributed by atoms with Crippen LogP contribution in [0.2, 0.25) is 0 Å². The van der Waals surface area contributed by atoms with Gasteiger partial charge in [0.15, 0.2) is 0 Å². The lowest BCUT2D eigenvalue weighted by Crippen LogP contribution is -2.14. The minimum atomic E-state index is 0.230. The third-order valence-electron chi connectivity index (χ3n) is 1.95. The van der Waals surface area contributed by atoms with Crippen LogP contribution in [0.3, 0.4) is 0 Å². The molecule has 1 unspecified atom stereocenters. The maximum absolute atomic E-state index is 4.03. The third-order valence-corrected chi connectivity index (χ3v) is 1.95. The number of pyridine rings is 1. The van der Waals surface area contributed by atoms with Gasteiger partial charge in [-0.15, -0.1) is 6.58 Å². The maximum atomic E-state index is 4.03. The summed E-state index contributed by atoms with van der Waals surface area (Å²) < 4.78 is 0. The summed E-state index contributed by atoms with van der Waals surface area (Å²) in [6.07, 6.45) is 5.56. The summed E-state index contributed by atoms with van der Waals surface area (Å²) in [5.74, 6) is 0. The Hall–Kier alpha value is -1.15. The van der Waals surface area contributed by atoms with Crippen molar-refractivity contribution >= 4 is 0 Å². The average Bonchev–Trinajstić information content (AvgIpc) is 2.10. The van der Waals surface area contributed by atoms with Gasteiger partial charge in [0.2, 0.25) is 0 Å². The first-order chi connectivity index (χ1) is 5.79. The van der Waals surface area contributed by atoms with Gasteiger partial charge in [-0.2, -0.15) is 0 Å². The van der Waals surface area contributed by atoms with E-state index in [-0.39, 0.29) is 6.04 Å². The van der Waals surface area contributed by atoms with Crippen molar-refractivity contribution in [1.29, 1.82) is 0 Å². The molecule has 0 aromatic carbocycles. The fourth-order valence-corrected chi connectivity index (χ4v) is 1.23. The first-order valence-electron chi connectivity index (χ1n) is 4.00. The Balaban J connectivity index is 3.00. The van der Waals surface area contributed by atoms with E-state index in [2.05, 4.69) is 23.8 Å². The summed E-state index contributed by atoms with van der Waals surface area (Å²) in [6, 6.07) is 2.24. The second-order valence-corrected chi connectivity index (χ2v) is 2.73. The van der Waals surface area contributed by atoms with Crippen molar-refractivity contribution in [2.45, 2.75) is 13.0 Å². The lowest BCUT2D eigenvalue weighted by molar-refractivity contribution is 0.710. The van der Waals surface area contributed by atoms with E-state index in [1.807, 2.05) is 25.4 Å². The zero-order valence-electron chi connectivity index (χ0n) is 7.54. The standard InChI is InChI=1S/C10H14N2/c1-4-10(11-3)9-5-6-12-7-8(9)2/h4-7,10-11H,1H2,2-3H3. The zero-order valence-corrected chi connectivity index (χ0v) is 7.54. The largest absolute Gasteiger partial charge is 0.310 e. The highest BCUT2D eigenvalue weighted by molar-refractivity contribution is 5.27. The first-order valence-corrected chi connectivity index (χ1v) is 4.00. The Labute approximate surface area is 73.3 Å². The van der Waals surface area contributed by atoms with Crippen molar-refractivity contribution in [1.82, 2.24) is 10.3 Å². The van der Waals surface area contributed by atoms with Crippen molar-refractivity contribution in [3.8, 4) is 0 Å². The Morgan fingerprint density at radius 2 is 2.42 bits per heavy atom. The second-order valence-electron chi connectivity index (χ2n) is 2.73. The molecular formula is C10H14N2. The molecule has 0 amide bonds. The number of likely N-dealkylation sites (N-methyl/N-ethyl adjacent to an activating group) is 1. The van der Waals surface area contributed by atoms with Gasteiger partial charge in [-0.25, -0.2) is 0 Å². The molecule has 1 N–H and O–H groups in total. The fraction of sp³-hybridized carbons (Fsp3) is 0.300. The normalized spacial score (nSPS) is 12.5. The molecule has 0 bridgehead atoms. The predicted molar refractivity (Wildman–Crippen MR) is 51.0 cm³/mol. The molecule has 0 fully saturated rings. The summed E-state index contributed by atoms with van der Waals surface area (Å²) in [7, 11) is 1.92. The number of nitrogens with one attached hydrogen (secondary N) is 1. The summed E-state index contributed by atoms with van der Waals surface area (Å²) >= 11 is 0. The SMILES string of the molecule is C=CC(NC)c1ccncc1C. The Morgan fingerprint density at radius 1 is 1.67 bits per heavy atom. The van der Waals surface area contributed by atoms with Gasteiger partial charge in [-0.05, 0) is 31.2 Å². The minimum Gasteiger partial charge on any atom is -0.310 e. The average molecular weight is 162 g/mol. The van der Waals surface area contributed by atoms with Crippen LogP contribution in [0.5, 0.6) is 0 Å². The zero-order chi connectivity index (χ0) is 8.97. The molecule has 12 heavy (non-hydrogen) atoms. The van der Waals surface area contributed by atoms with Crippen LogP contribution in [0.1, 0.15) is 17.2 Å². The minimum absolute atomic E-state index is 0.230. The molecule has 2 heteroatoms. The number of aromatic nitrogens is 1. The molecule has 1 aromatic heterocycles. The Morgan fingerprint density at radius 3 is 2.92 bits per heavy atom. The van der Waals surface area contributed by atoms with Gasteiger partial charge in [0.05, 0.1) is 6.04 Å². The highest BCUT2D eigenvalue weighted by Gasteiger charge is 2.05. The number of rotatable bonds is 3. The highest BCUT2D eigenvalue weighted by Crippen LogP contribution is 2.15. The van der Waals surface area contributed by atoms with Gasteiger partial charge < -0.3 is 5.32 Å². The van der Waals surface area contributed by atoms with Gasteiger partial charge in [-0.1, -0.05) is 6.08 Å². The molecule has 0 saturated carbocycles. The molecule has 0 aliphatic carbocycles. The summed E-state index contributed by atoms with van der Waals surface area (Å²) in [6.45, 7) is 5.82. The monoisotopic (exact) mass is 162 g/mol. The Kier molecular flexibility index (Phi) is 3.00. The molecule has 0 spiro atoms.